The minimum atomic E-state index is -0.236. The third kappa shape index (κ3) is 3.52. The number of nitrogens with zero attached hydrogens (tertiary/aromatic N) is 1. The number of pyridine rings is 1. The van der Waals surface area contributed by atoms with Crippen molar-refractivity contribution in [2.45, 2.75) is 19.1 Å². The molecule has 0 saturated carbocycles. The summed E-state index contributed by atoms with van der Waals surface area (Å²) in [6, 6.07) is 9.53. The van der Waals surface area contributed by atoms with Crippen LogP contribution in [0.5, 0.6) is 5.88 Å². The Labute approximate surface area is 155 Å². The van der Waals surface area contributed by atoms with Gasteiger partial charge in [0.05, 0.1) is 18.8 Å². The molecule has 3 heterocycles. The number of aromatic amines is 1. The third-order valence-electron chi connectivity index (χ3n) is 4.35. The summed E-state index contributed by atoms with van der Waals surface area (Å²) < 4.78 is 11.0. The number of carbonyl (C=O) groups is 1. The molecule has 0 spiro atoms. The van der Waals surface area contributed by atoms with Gasteiger partial charge in [0.1, 0.15) is 11.1 Å². The van der Waals surface area contributed by atoms with E-state index in [-0.39, 0.29) is 12.0 Å². The first-order chi connectivity index (χ1) is 12.7. The Bertz CT molecular complexity index is 935. The maximum absolute atomic E-state index is 12.4. The molecule has 1 unspecified atom stereocenters. The fraction of sp³-hybridized carbons (Fsp3) is 0.263. The molecule has 1 aliphatic rings. The van der Waals surface area contributed by atoms with Gasteiger partial charge in [0.15, 0.2) is 0 Å². The number of ether oxygens (including phenoxy) is 2. The van der Waals surface area contributed by atoms with E-state index in [4.69, 9.17) is 21.1 Å². The van der Waals surface area contributed by atoms with E-state index >= 15 is 0 Å². The second-order valence-electron chi connectivity index (χ2n) is 6.16. The zero-order valence-electron chi connectivity index (χ0n) is 14.0. The number of fused-ring (bicyclic) bond motifs is 1. The first-order valence-corrected chi connectivity index (χ1v) is 8.81. The lowest BCUT2D eigenvalue weighted by Gasteiger charge is -2.12. The summed E-state index contributed by atoms with van der Waals surface area (Å²) in [6.07, 6.45) is 4.14. The predicted molar refractivity (Wildman–Crippen MR) is 98.6 cm³/mol. The van der Waals surface area contributed by atoms with Crippen molar-refractivity contribution in [2.75, 3.05) is 13.2 Å². The third-order valence-corrected chi connectivity index (χ3v) is 4.62. The Morgan fingerprint density at radius 2 is 2.31 bits per heavy atom. The van der Waals surface area contributed by atoms with Gasteiger partial charge >= 0.3 is 0 Å². The summed E-state index contributed by atoms with van der Waals surface area (Å²) in [5.74, 6) is 0.0933. The molecule has 0 radical (unpaired) electrons. The van der Waals surface area contributed by atoms with Crippen LogP contribution in [0.4, 0.5) is 0 Å². The number of aromatic nitrogens is 2. The molecule has 1 amide bonds. The first kappa shape index (κ1) is 16.9. The number of H-pyrrole nitrogens is 1. The van der Waals surface area contributed by atoms with Crippen molar-refractivity contribution in [3.63, 3.8) is 0 Å². The molecule has 1 atom stereocenters. The maximum atomic E-state index is 12.4. The monoisotopic (exact) mass is 371 g/mol. The van der Waals surface area contributed by atoms with E-state index in [1.165, 1.54) is 6.20 Å². The molecular weight excluding hydrogens is 354 g/mol. The molecule has 1 aromatic carbocycles. The Morgan fingerprint density at radius 1 is 1.42 bits per heavy atom. The molecule has 0 aliphatic carbocycles. The minimum Gasteiger partial charge on any atom is -0.471 e. The van der Waals surface area contributed by atoms with Gasteiger partial charge in [-0.15, -0.1) is 0 Å². The summed E-state index contributed by atoms with van der Waals surface area (Å²) in [6.45, 7) is 1.62. The highest BCUT2D eigenvalue weighted by Crippen LogP contribution is 2.25. The van der Waals surface area contributed by atoms with Gasteiger partial charge in [0, 0.05) is 36.3 Å². The number of halogens is 1. The molecule has 6 nitrogen and oxygen atoms in total. The number of amides is 1. The lowest BCUT2D eigenvalue weighted by atomic mass is 10.1. The van der Waals surface area contributed by atoms with Gasteiger partial charge in [-0.2, -0.15) is 0 Å². The average molecular weight is 372 g/mol. The Hall–Kier alpha value is -2.57. The van der Waals surface area contributed by atoms with Crippen LogP contribution >= 0.6 is 11.6 Å². The molecule has 0 bridgehead atoms. The fourth-order valence-electron chi connectivity index (χ4n) is 2.96. The van der Waals surface area contributed by atoms with Crippen LogP contribution in [-0.4, -0.2) is 35.2 Å². The number of carbonyl (C=O) groups excluding carboxylic acids is 1. The van der Waals surface area contributed by atoms with Crippen molar-refractivity contribution < 1.29 is 14.3 Å². The summed E-state index contributed by atoms with van der Waals surface area (Å²) in [5.41, 5.74) is 2.46. The first-order valence-electron chi connectivity index (χ1n) is 8.44. The molecule has 7 heteroatoms. The molecule has 3 aromatic rings. The van der Waals surface area contributed by atoms with Gasteiger partial charge in [-0.05, 0) is 17.7 Å². The van der Waals surface area contributed by atoms with Crippen molar-refractivity contribution in [3.8, 4) is 5.88 Å². The van der Waals surface area contributed by atoms with Crippen LogP contribution in [0, 0.1) is 0 Å². The zero-order valence-corrected chi connectivity index (χ0v) is 14.8. The van der Waals surface area contributed by atoms with Gasteiger partial charge in [-0.1, -0.05) is 29.8 Å². The van der Waals surface area contributed by atoms with E-state index in [1.807, 2.05) is 30.5 Å². The van der Waals surface area contributed by atoms with Crippen molar-refractivity contribution in [2.24, 2.45) is 0 Å². The summed E-state index contributed by atoms with van der Waals surface area (Å²) in [4.78, 5) is 19.8. The molecule has 2 aromatic heterocycles. The number of nitrogens with one attached hydrogen (secondary N) is 2. The predicted octanol–water partition coefficient (Wildman–Crippen LogP) is 3.31. The van der Waals surface area contributed by atoms with E-state index in [2.05, 4.69) is 15.3 Å². The quantitative estimate of drug-likeness (QED) is 0.721. The van der Waals surface area contributed by atoms with E-state index in [1.54, 1.807) is 6.07 Å². The SMILES string of the molecule is O=C(NCc1c[nH]c2ccccc12)c1cnc(OC2CCOC2)c(Cl)c1. The van der Waals surface area contributed by atoms with E-state index in [0.717, 1.165) is 22.9 Å². The van der Waals surface area contributed by atoms with Crippen LogP contribution in [0.3, 0.4) is 0 Å². The fourth-order valence-corrected chi connectivity index (χ4v) is 3.17. The van der Waals surface area contributed by atoms with Gasteiger partial charge in [-0.25, -0.2) is 4.98 Å². The normalized spacial score (nSPS) is 16.7. The summed E-state index contributed by atoms with van der Waals surface area (Å²) >= 11 is 6.22. The zero-order chi connectivity index (χ0) is 17.9. The molecule has 134 valence electrons. The van der Waals surface area contributed by atoms with Crippen LogP contribution in [0.2, 0.25) is 5.02 Å². The van der Waals surface area contributed by atoms with Crippen LogP contribution in [0.1, 0.15) is 22.3 Å². The number of hydrogen-bond donors (Lipinski definition) is 2. The number of para-hydroxylation sites is 1. The molecule has 2 N–H and O–H groups in total. The lowest BCUT2D eigenvalue weighted by molar-refractivity contribution is 0.0950. The molecule has 1 aliphatic heterocycles. The van der Waals surface area contributed by atoms with Crippen LogP contribution < -0.4 is 10.1 Å². The molecule has 1 saturated heterocycles. The largest absolute Gasteiger partial charge is 0.471 e. The second kappa shape index (κ2) is 7.35. The lowest BCUT2D eigenvalue weighted by Crippen LogP contribution is -2.23. The highest BCUT2D eigenvalue weighted by molar-refractivity contribution is 6.32. The standard InChI is InChI=1S/C19H18ClN3O3/c20-16-7-12(8-23-19(16)26-14-5-6-25-11-14)18(24)22-10-13-9-21-17-4-2-1-3-15(13)17/h1-4,7-9,14,21H,5-6,10-11H2,(H,22,24). The van der Waals surface area contributed by atoms with E-state index < -0.39 is 0 Å². The van der Waals surface area contributed by atoms with Crippen LogP contribution in [0.25, 0.3) is 10.9 Å². The Balaban J connectivity index is 1.42. The number of hydrogen-bond acceptors (Lipinski definition) is 4. The topological polar surface area (TPSA) is 76.2 Å². The van der Waals surface area contributed by atoms with Gasteiger partial charge in [0.25, 0.3) is 5.91 Å². The minimum absolute atomic E-state index is 0.0402. The summed E-state index contributed by atoms with van der Waals surface area (Å²) in [5, 5.41) is 4.30. The highest BCUT2D eigenvalue weighted by Gasteiger charge is 2.20. The van der Waals surface area contributed by atoms with E-state index in [9.17, 15) is 4.79 Å². The van der Waals surface area contributed by atoms with Crippen molar-refractivity contribution in [3.05, 3.63) is 58.9 Å². The van der Waals surface area contributed by atoms with Crippen molar-refractivity contribution in [1.29, 1.82) is 0 Å². The highest BCUT2D eigenvalue weighted by atomic mass is 35.5. The van der Waals surface area contributed by atoms with Crippen molar-refractivity contribution >= 4 is 28.4 Å². The maximum Gasteiger partial charge on any atom is 0.253 e. The smallest absolute Gasteiger partial charge is 0.253 e. The van der Waals surface area contributed by atoms with Crippen molar-refractivity contribution in [1.82, 2.24) is 15.3 Å². The van der Waals surface area contributed by atoms with Crippen LogP contribution in [-0.2, 0) is 11.3 Å². The van der Waals surface area contributed by atoms with E-state index in [0.29, 0.717) is 36.2 Å². The number of benzene rings is 1. The van der Waals surface area contributed by atoms with Gasteiger partial charge in [-0.3, -0.25) is 4.79 Å². The second-order valence-corrected chi connectivity index (χ2v) is 6.56. The molecule has 4 rings (SSSR count). The average Bonchev–Trinajstić information content (AvgIpc) is 3.31. The summed E-state index contributed by atoms with van der Waals surface area (Å²) in [7, 11) is 0. The Kier molecular flexibility index (Phi) is 4.77. The van der Waals surface area contributed by atoms with Gasteiger partial charge in [0.2, 0.25) is 5.88 Å². The number of rotatable bonds is 5. The molecular formula is C19H18ClN3O3. The van der Waals surface area contributed by atoms with Crippen LogP contribution in [0.15, 0.2) is 42.7 Å². The molecule has 1 fully saturated rings. The Morgan fingerprint density at radius 3 is 3.12 bits per heavy atom. The molecule has 26 heavy (non-hydrogen) atoms. The van der Waals surface area contributed by atoms with Gasteiger partial charge < -0.3 is 19.8 Å².